The minimum Gasteiger partial charge on any atom is -0.325 e. The maximum Gasteiger partial charge on any atom is 0.210 e. The number of likely N-dealkylation sites (tertiary alicyclic amines) is 1. The molecule has 0 unspecified atom stereocenters. The number of para-hydroxylation sites is 1. The third-order valence-corrected chi connectivity index (χ3v) is 3.27. The normalized spacial score (nSPS) is 16.6. The standard InChI is InChI=1S/C14H23N5/c15-18-14(17-13-7-2-1-3-8-13)16-9-6-12-19-10-4-5-11-19/h1-3,7-8H,4-6,9-12,15H2,(H2,16,17,18). The molecule has 0 radical (unpaired) electrons. The Hall–Kier alpha value is -1.59. The molecule has 0 saturated carbocycles. The molecular weight excluding hydrogens is 238 g/mol. The van der Waals surface area contributed by atoms with Gasteiger partial charge >= 0.3 is 0 Å². The Labute approximate surface area is 114 Å². The van der Waals surface area contributed by atoms with Crippen LogP contribution in [0, 0.1) is 0 Å². The number of nitrogens with two attached hydrogens (primary N) is 1. The molecule has 1 aromatic rings. The van der Waals surface area contributed by atoms with Crippen molar-refractivity contribution in [3.05, 3.63) is 30.3 Å². The van der Waals surface area contributed by atoms with Crippen molar-refractivity contribution in [1.82, 2.24) is 10.3 Å². The van der Waals surface area contributed by atoms with Gasteiger partial charge in [0.15, 0.2) is 0 Å². The predicted octanol–water partition coefficient (Wildman–Crippen LogP) is 1.40. The molecule has 5 nitrogen and oxygen atoms in total. The van der Waals surface area contributed by atoms with E-state index in [2.05, 4.69) is 20.6 Å². The Morgan fingerprint density at radius 1 is 1.21 bits per heavy atom. The molecule has 1 fully saturated rings. The quantitative estimate of drug-likeness (QED) is 0.246. The number of rotatable bonds is 5. The molecular formula is C14H23N5. The minimum atomic E-state index is 0.618. The summed E-state index contributed by atoms with van der Waals surface area (Å²) in [6, 6.07) is 9.90. The van der Waals surface area contributed by atoms with E-state index in [-0.39, 0.29) is 0 Å². The summed E-state index contributed by atoms with van der Waals surface area (Å²) in [4.78, 5) is 6.94. The van der Waals surface area contributed by atoms with Crippen LogP contribution in [0.15, 0.2) is 35.3 Å². The SMILES string of the molecule is NNC(=NCCCN1CCCC1)Nc1ccccc1. The van der Waals surface area contributed by atoms with Gasteiger partial charge in [0, 0.05) is 12.2 Å². The van der Waals surface area contributed by atoms with Crippen molar-refractivity contribution in [3.63, 3.8) is 0 Å². The lowest BCUT2D eigenvalue weighted by Crippen LogP contribution is -2.36. The lowest BCUT2D eigenvalue weighted by atomic mass is 10.3. The molecule has 104 valence electrons. The summed E-state index contributed by atoms with van der Waals surface area (Å²) in [6.07, 6.45) is 3.75. The predicted molar refractivity (Wildman–Crippen MR) is 80.0 cm³/mol. The molecule has 1 heterocycles. The summed E-state index contributed by atoms with van der Waals surface area (Å²) in [5, 5.41) is 3.16. The maximum atomic E-state index is 5.47. The number of nitrogens with zero attached hydrogens (tertiary/aromatic N) is 2. The summed E-state index contributed by atoms with van der Waals surface area (Å²) in [5.41, 5.74) is 3.59. The number of nitrogens with one attached hydrogen (secondary N) is 2. The Morgan fingerprint density at radius 3 is 2.63 bits per heavy atom. The van der Waals surface area contributed by atoms with E-state index in [1.54, 1.807) is 0 Å². The molecule has 1 aromatic carbocycles. The van der Waals surface area contributed by atoms with Crippen LogP contribution in [-0.2, 0) is 0 Å². The van der Waals surface area contributed by atoms with Gasteiger partial charge in [0.05, 0.1) is 0 Å². The van der Waals surface area contributed by atoms with Crippen molar-refractivity contribution in [1.29, 1.82) is 0 Å². The molecule has 4 N–H and O–H groups in total. The third kappa shape index (κ3) is 4.89. The van der Waals surface area contributed by atoms with Gasteiger partial charge in [-0.25, -0.2) is 5.84 Å². The molecule has 0 bridgehead atoms. The average molecular weight is 261 g/mol. The second kappa shape index (κ2) is 7.76. The fourth-order valence-electron chi connectivity index (χ4n) is 2.27. The largest absolute Gasteiger partial charge is 0.325 e. The molecule has 1 saturated heterocycles. The van der Waals surface area contributed by atoms with E-state index in [0.717, 1.165) is 25.2 Å². The highest BCUT2D eigenvalue weighted by Gasteiger charge is 2.09. The van der Waals surface area contributed by atoms with Crippen molar-refractivity contribution in [2.75, 3.05) is 31.5 Å². The van der Waals surface area contributed by atoms with Crippen LogP contribution in [0.3, 0.4) is 0 Å². The third-order valence-electron chi connectivity index (χ3n) is 3.27. The first kappa shape index (κ1) is 13.8. The summed E-state index contributed by atoms with van der Waals surface area (Å²) in [7, 11) is 0. The van der Waals surface area contributed by atoms with E-state index in [1.807, 2.05) is 30.3 Å². The summed E-state index contributed by atoms with van der Waals surface area (Å²) in [6.45, 7) is 4.41. The second-order valence-corrected chi connectivity index (χ2v) is 4.77. The van der Waals surface area contributed by atoms with Crippen LogP contribution in [0.2, 0.25) is 0 Å². The zero-order chi connectivity index (χ0) is 13.3. The van der Waals surface area contributed by atoms with Gasteiger partial charge in [0.25, 0.3) is 0 Å². The lowest BCUT2D eigenvalue weighted by Gasteiger charge is -2.13. The Morgan fingerprint density at radius 2 is 1.95 bits per heavy atom. The molecule has 0 spiro atoms. The molecule has 2 rings (SSSR count). The van der Waals surface area contributed by atoms with Gasteiger partial charge in [-0.1, -0.05) is 18.2 Å². The Balaban J connectivity index is 1.72. The van der Waals surface area contributed by atoms with Gasteiger partial charge in [0.2, 0.25) is 5.96 Å². The van der Waals surface area contributed by atoms with Crippen molar-refractivity contribution in [3.8, 4) is 0 Å². The monoisotopic (exact) mass is 261 g/mol. The number of hydrogen-bond acceptors (Lipinski definition) is 3. The number of guanidine groups is 1. The van der Waals surface area contributed by atoms with Gasteiger partial charge in [-0.15, -0.1) is 0 Å². The molecule has 1 aliphatic rings. The van der Waals surface area contributed by atoms with E-state index in [9.17, 15) is 0 Å². The highest BCUT2D eigenvalue weighted by atomic mass is 15.3. The molecule has 19 heavy (non-hydrogen) atoms. The van der Waals surface area contributed by atoms with Crippen LogP contribution in [0.25, 0.3) is 0 Å². The van der Waals surface area contributed by atoms with Gasteiger partial charge in [-0.2, -0.15) is 0 Å². The topological polar surface area (TPSA) is 65.7 Å². The molecule has 0 aromatic heterocycles. The highest BCUT2D eigenvalue weighted by molar-refractivity contribution is 5.93. The number of benzene rings is 1. The van der Waals surface area contributed by atoms with Crippen LogP contribution in [0.5, 0.6) is 0 Å². The van der Waals surface area contributed by atoms with Crippen molar-refractivity contribution >= 4 is 11.6 Å². The van der Waals surface area contributed by atoms with Crippen LogP contribution in [0.1, 0.15) is 19.3 Å². The van der Waals surface area contributed by atoms with Crippen molar-refractivity contribution in [2.24, 2.45) is 10.8 Å². The smallest absolute Gasteiger partial charge is 0.210 e. The van der Waals surface area contributed by atoms with E-state index >= 15 is 0 Å². The van der Waals surface area contributed by atoms with Crippen LogP contribution in [0.4, 0.5) is 5.69 Å². The lowest BCUT2D eigenvalue weighted by molar-refractivity contribution is 0.336. The maximum absolute atomic E-state index is 5.47. The highest BCUT2D eigenvalue weighted by Crippen LogP contribution is 2.07. The number of aliphatic imine (C=N–C) groups is 1. The zero-order valence-electron chi connectivity index (χ0n) is 11.3. The molecule has 0 aliphatic carbocycles. The first-order valence-electron chi connectivity index (χ1n) is 6.94. The Bertz CT molecular complexity index is 384. The fraction of sp³-hybridized carbons (Fsp3) is 0.500. The first-order chi connectivity index (χ1) is 9.38. The van der Waals surface area contributed by atoms with Crippen LogP contribution < -0.4 is 16.6 Å². The summed E-state index contributed by atoms with van der Waals surface area (Å²) >= 11 is 0. The molecule has 5 heteroatoms. The van der Waals surface area contributed by atoms with Gasteiger partial charge < -0.3 is 10.2 Å². The van der Waals surface area contributed by atoms with E-state index in [0.29, 0.717) is 5.96 Å². The van der Waals surface area contributed by atoms with Gasteiger partial charge in [-0.3, -0.25) is 10.4 Å². The van der Waals surface area contributed by atoms with Gasteiger partial charge in [-0.05, 0) is 51.0 Å². The zero-order valence-corrected chi connectivity index (χ0v) is 11.3. The first-order valence-corrected chi connectivity index (χ1v) is 6.94. The molecule has 0 atom stereocenters. The minimum absolute atomic E-state index is 0.618. The molecule has 0 amide bonds. The van der Waals surface area contributed by atoms with Crippen molar-refractivity contribution < 1.29 is 0 Å². The number of hydrogen-bond donors (Lipinski definition) is 3. The fourth-order valence-corrected chi connectivity index (χ4v) is 2.27. The van der Waals surface area contributed by atoms with E-state index < -0.39 is 0 Å². The second-order valence-electron chi connectivity index (χ2n) is 4.77. The van der Waals surface area contributed by atoms with Crippen LogP contribution in [-0.4, -0.2) is 37.0 Å². The van der Waals surface area contributed by atoms with Gasteiger partial charge in [0.1, 0.15) is 0 Å². The number of hydrazine groups is 1. The summed E-state index contributed by atoms with van der Waals surface area (Å²) < 4.78 is 0. The summed E-state index contributed by atoms with van der Waals surface area (Å²) in [5.74, 6) is 6.09. The molecule has 1 aliphatic heterocycles. The van der Waals surface area contributed by atoms with Crippen LogP contribution >= 0.6 is 0 Å². The van der Waals surface area contributed by atoms with E-state index in [1.165, 1.54) is 25.9 Å². The van der Waals surface area contributed by atoms with Crippen molar-refractivity contribution in [2.45, 2.75) is 19.3 Å². The van der Waals surface area contributed by atoms with E-state index in [4.69, 9.17) is 5.84 Å². The average Bonchev–Trinajstić information content (AvgIpc) is 2.96. The number of anilines is 1. The Kier molecular flexibility index (Phi) is 5.65.